The molecule has 5 nitrogen and oxygen atoms in total. The second-order valence-electron chi connectivity index (χ2n) is 4.53. The molecule has 2 N–H and O–H groups in total. The van der Waals surface area contributed by atoms with Gasteiger partial charge in [-0.2, -0.15) is 5.10 Å². The summed E-state index contributed by atoms with van der Waals surface area (Å²) >= 11 is 0. The minimum absolute atomic E-state index is 0.280. The highest BCUT2D eigenvalue weighted by Crippen LogP contribution is 2.29. The minimum atomic E-state index is -0.280. The standard InChI is InChI=1S/C14H20N4O/c1-4-7-18-14(12(19-3)9-17-18)13(15)11-8-16-6-5-10(11)2/h5-6,8-9,13H,4,7,15H2,1-3H3. The van der Waals surface area contributed by atoms with Crippen LogP contribution in [0.2, 0.25) is 0 Å². The number of hydrogen-bond acceptors (Lipinski definition) is 4. The molecule has 1 atom stereocenters. The second-order valence-corrected chi connectivity index (χ2v) is 4.53. The molecule has 0 aliphatic rings. The number of hydrogen-bond donors (Lipinski definition) is 1. The van der Waals surface area contributed by atoms with Gasteiger partial charge in [-0.15, -0.1) is 0 Å². The zero-order valence-corrected chi connectivity index (χ0v) is 11.6. The maximum atomic E-state index is 6.39. The number of ether oxygens (including phenoxy) is 1. The molecule has 102 valence electrons. The van der Waals surface area contributed by atoms with Crippen LogP contribution in [0.3, 0.4) is 0 Å². The largest absolute Gasteiger partial charge is 0.493 e. The van der Waals surface area contributed by atoms with Gasteiger partial charge in [-0.05, 0) is 30.5 Å². The summed E-state index contributed by atoms with van der Waals surface area (Å²) in [5, 5.41) is 4.34. The molecule has 0 aliphatic carbocycles. The van der Waals surface area contributed by atoms with Gasteiger partial charge in [0.25, 0.3) is 0 Å². The summed E-state index contributed by atoms with van der Waals surface area (Å²) in [4.78, 5) is 4.16. The Labute approximate surface area is 113 Å². The number of pyridine rings is 1. The van der Waals surface area contributed by atoms with Crippen LogP contribution < -0.4 is 10.5 Å². The topological polar surface area (TPSA) is 66.0 Å². The van der Waals surface area contributed by atoms with Gasteiger partial charge < -0.3 is 10.5 Å². The highest BCUT2D eigenvalue weighted by atomic mass is 16.5. The summed E-state index contributed by atoms with van der Waals surface area (Å²) in [5.74, 6) is 0.726. The molecule has 2 rings (SSSR count). The van der Waals surface area contributed by atoms with Crippen LogP contribution in [0.25, 0.3) is 0 Å². The fourth-order valence-electron chi connectivity index (χ4n) is 2.19. The lowest BCUT2D eigenvalue weighted by molar-refractivity contribution is 0.404. The Bertz CT molecular complexity index is 550. The monoisotopic (exact) mass is 260 g/mol. The molecular weight excluding hydrogens is 240 g/mol. The van der Waals surface area contributed by atoms with Crippen molar-refractivity contribution >= 4 is 0 Å². The van der Waals surface area contributed by atoms with E-state index in [1.54, 1.807) is 19.5 Å². The molecule has 0 aliphatic heterocycles. The van der Waals surface area contributed by atoms with E-state index < -0.39 is 0 Å². The lowest BCUT2D eigenvalue weighted by Gasteiger charge is -2.17. The predicted molar refractivity (Wildman–Crippen MR) is 74.1 cm³/mol. The van der Waals surface area contributed by atoms with E-state index in [-0.39, 0.29) is 6.04 Å². The van der Waals surface area contributed by atoms with Gasteiger partial charge >= 0.3 is 0 Å². The molecule has 2 heterocycles. The highest BCUT2D eigenvalue weighted by molar-refractivity contribution is 5.38. The predicted octanol–water partition coefficient (Wildman–Crippen LogP) is 2.05. The van der Waals surface area contributed by atoms with Crippen molar-refractivity contribution in [3.8, 4) is 5.75 Å². The lowest BCUT2D eigenvalue weighted by Crippen LogP contribution is -2.19. The molecule has 2 aromatic rings. The van der Waals surface area contributed by atoms with Gasteiger partial charge in [0.05, 0.1) is 19.3 Å². The smallest absolute Gasteiger partial charge is 0.161 e. The SMILES string of the molecule is CCCn1ncc(OC)c1C(N)c1cnccc1C. The molecule has 0 amide bonds. The number of aromatic nitrogens is 3. The molecule has 0 aromatic carbocycles. The van der Waals surface area contributed by atoms with Crippen molar-refractivity contribution in [2.75, 3.05) is 7.11 Å². The molecule has 5 heteroatoms. The van der Waals surface area contributed by atoms with Gasteiger partial charge in [-0.1, -0.05) is 6.92 Å². The van der Waals surface area contributed by atoms with Crippen LogP contribution in [0.4, 0.5) is 0 Å². The summed E-state index contributed by atoms with van der Waals surface area (Å²) in [6, 6.07) is 1.68. The summed E-state index contributed by atoms with van der Waals surface area (Å²) < 4.78 is 7.28. The van der Waals surface area contributed by atoms with E-state index in [0.29, 0.717) is 0 Å². The fraction of sp³-hybridized carbons (Fsp3) is 0.429. The molecule has 0 fully saturated rings. The minimum Gasteiger partial charge on any atom is -0.493 e. The molecule has 0 saturated heterocycles. The summed E-state index contributed by atoms with van der Waals surface area (Å²) in [6.07, 6.45) is 6.29. The normalized spacial score (nSPS) is 12.4. The molecule has 2 aromatic heterocycles. The van der Waals surface area contributed by atoms with Crippen molar-refractivity contribution in [3.05, 3.63) is 41.5 Å². The summed E-state index contributed by atoms with van der Waals surface area (Å²) in [7, 11) is 1.64. The van der Waals surface area contributed by atoms with Gasteiger partial charge in [0.2, 0.25) is 0 Å². The number of methoxy groups -OCH3 is 1. The molecule has 1 unspecified atom stereocenters. The van der Waals surface area contributed by atoms with Crippen LogP contribution in [0.5, 0.6) is 5.75 Å². The van der Waals surface area contributed by atoms with Crippen LogP contribution in [0, 0.1) is 6.92 Å². The third kappa shape index (κ3) is 2.61. The first kappa shape index (κ1) is 13.5. The van der Waals surface area contributed by atoms with Crippen LogP contribution in [0.1, 0.15) is 36.2 Å². The van der Waals surface area contributed by atoms with Crippen LogP contribution in [-0.4, -0.2) is 21.9 Å². The Kier molecular flexibility index (Phi) is 4.16. The third-order valence-corrected chi connectivity index (χ3v) is 3.21. The van der Waals surface area contributed by atoms with Crippen LogP contribution in [0.15, 0.2) is 24.7 Å². The average molecular weight is 260 g/mol. The molecule has 0 saturated carbocycles. The zero-order chi connectivity index (χ0) is 13.8. The van der Waals surface area contributed by atoms with Crippen molar-refractivity contribution in [2.45, 2.75) is 32.9 Å². The maximum Gasteiger partial charge on any atom is 0.161 e. The van der Waals surface area contributed by atoms with E-state index in [1.807, 2.05) is 23.9 Å². The fourth-order valence-corrected chi connectivity index (χ4v) is 2.19. The van der Waals surface area contributed by atoms with Gasteiger partial charge in [0.1, 0.15) is 5.69 Å². The Morgan fingerprint density at radius 1 is 1.42 bits per heavy atom. The van der Waals surface area contributed by atoms with Crippen LogP contribution >= 0.6 is 0 Å². The van der Waals surface area contributed by atoms with Crippen molar-refractivity contribution < 1.29 is 4.74 Å². The van der Waals surface area contributed by atoms with Gasteiger partial charge in [-0.3, -0.25) is 9.67 Å². The first-order valence-corrected chi connectivity index (χ1v) is 6.44. The van der Waals surface area contributed by atoms with E-state index in [9.17, 15) is 0 Å². The number of aryl methyl sites for hydroxylation is 2. The van der Waals surface area contributed by atoms with Crippen molar-refractivity contribution in [1.29, 1.82) is 0 Å². The zero-order valence-electron chi connectivity index (χ0n) is 11.6. The number of nitrogens with two attached hydrogens (primary N) is 1. The summed E-state index contributed by atoms with van der Waals surface area (Å²) in [6.45, 7) is 4.97. The Balaban J connectivity index is 2.45. The highest BCUT2D eigenvalue weighted by Gasteiger charge is 2.21. The quantitative estimate of drug-likeness (QED) is 0.893. The molecular formula is C14H20N4O. The van der Waals surface area contributed by atoms with E-state index >= 15 is 0 Å². The third-order valence-electron chi connectivity index (χ3n) is 3.21. The average Bonchev–Trinajstić information content (AvgIpc) is 2.82. The molecule has 0 radical (unpaired) electrons. The van der Waals surface area contributed by atoms with E-state index in [4.69, 9.17) is 10.5 Å². The Morgan fingerprint density at radius 2 is 2.21 bits per heavy atom. The number of nitrogens with zero attached hydrogens (tertiary/aromatic N) is 3. The first-order valence-electron chi connectivity index (χ1n) is 6.44. The van der Waals surface area contributed by atoms with Gasteiger partial charge in [0, 0.05) is 18.9 Å². The first-order chi connectivity index (χ1) is 9.19. The number of rotatable bonds is 5. The second kappa shape index (κ2) is 5.84. The lowest BCUT2D eigenvalue weighted by atomic mass is 10.0. The maximum absolute atomic E-state index is 6.39. The van der Waals surface area contributed by atoms with Crippen molar-refractivity contribution in [3.63, 3.8) is 0 Å². The van der Waals surface area contributed by atoms with Crippen LogP contribution in [-0.2, 0) is 6.54 Å². The van der Waals surface area contributed by atoms with Crippen molar-refractivity contribution in [2.24, 2.45) is 5.73 Å². The molecule has 19 heavy (non-hydrogen) atoms. The van der Waals surface area contributed by atoms with E-state index in [1.165, 1.54) is 0 Å². The Morgan fingerprint density at radius 3 is 2.84 bits per heavy atom. The summed E-state index contributed by atoms with van der Waals surface area (Å²) in [5.41, 5.74) is 9.41. The van der Waals surface area contributed by atoms with Gasteiger partial charge in [0.15, 0.2) is 5.75 Å². The van der Waals surface area contributed by atoms with E-state index in [0.717, 1.165) is 35.5 Å². The van der Waals surface area contributed by atoms with E-state index in [2.05, 4.69) is 17.0 Å². The molecule has 0 bridgehead atoms. The Hall–Kier alpha value is -1.88. The van der Waals surface area contributed by atoms with Crippen molar-refractivity contribution in [1.82, 2.24) is 14.8 Å². The van der Waals surface area contributed by atoms with Gasteiger partial charge in [-0.25, -0.2) is 0 Å². The molecule has 0 spiro atoms.